The molecular formula is C8H10N2O2. The molecule has 0 aromatic rings. The van der Waals surface area contributed by atoms with Crippen LogP contribution >= 0.6 is 0 Å². The fourth-order valence-electron chi connectivity index (χ4n) is 0.943. The van der Waals surface area contributed by atoms with Crippen molar-refractivity contribution in [3.8, 4) is 0 Å². The van der Waals surface area contributed by atoms with Crippen molar-refractivity contribution in [3.05, 3.63) is 23.8 Å². The number of ketones is 2. The quantitative estimate of drug-likeness (QED) is 0.510. The first-order valence-electron chi connectivity index (χ1n) is 3.58. The highest BCUT2D eigenvalue weighted by Crippen LogP contribution is 2.07. The van der Waals surface area contributed by atoms with Gasteiger partial charge in [-0.3, -0.25) is 9.59 Å². The highest BCUT2D eigenvalue weighted by atomic mass is 16.1. The van der Waals surface area contributed by atoms with Crippen LogP contribution in [0.2, 0.25) is 0 Å². The first-order valence-corrected chi connectivity index (χ1v) is 3.58. The van der Waals surface area contributed by atoms with Crippen molar-refractivity contribution in [3.63, 3.8) is 0 Å². The van der Waals surface area contributed by atoms with Gasteiger partial charge in [0, 0.05) is 18.2 Å². The maximum absolute atomic E-state index is 11.1. The van der Waals surface area contributed by atoms with Gasteiger partial charge in [-0.15, -0.1) is 0 Å². The summed E-state index contributed by atoms with van der Waals surface area (Å²) in [6.07, 6.45) is 3.67. The normalized spacial score (nSPS) is 19.3. The zero-order chi connectivity index (χ0) is 9.14. The number of allylic oxidation sites excluding steroid dienone is 3. The summed E-state index contributed by atoms with van der Waals surface area (Å²) in [4.78, 5) is 21.9. The van der Waals surface area contributed by atoms with Gasteiger partial charge in [0.05, 0.1) is 0 Å². The van der Waals surface area contributed by atoms with E-state index in [2.05, 4.69) is 0 Å². The topological polar surface area (TPSA) is 86.2 Å². The van der Waals surface area contributed by atoms with Gasteiger partial charge >= 0.3 is 0 Å². The molecule has 0 aliphatic heterocycles. The molecule has 1 rings (SSSR count). The van der Waals surface area contributed by atoms with E-state index in [0.717, 1.165) is 0 Å². The van der Waals surface area contributed by atoms with Gasteiger partial charge in [0.2, 0.25) is 0 Å². The maximum Gasteiger partial charge on any atom is 0.183 e. The highest BCUT2D eigenvalue weighted by Gasteiger charge is 2.18. The average molecular weight is 166 g/mol. The van der Waals surface area contributed by atoms with Gasteiger partial charge in [-0.1, -0.05) is 0 Å². The predicted octanol–water partition coefficient (Wildman–Crippen LogP) is -1.09. The summed E-state index contributed by atoms with van der Waals surface area (Å²) in [6, 6.07) is -0.536. The molecule has 64 valence electrons. The monoisotopic (exact) mass is 166 g/mol. The third-order valence-electron chi connectivity index (χ3n) is 1.63. The molecule has 0 radical (unpaired) electrons. The second kappa shape index (κ2) is 3.42. The largest absolute Gasteiger partial charge is 0.329 e. The van der Waals surface area contributed by atoms with Crippen molar-refractivity contribution >= 4 is 11.6 Å². The number of hydrogen-bond acceptors (Lipinski definition) is 4. The van der Waals surface area contributed by atoms with E-state index in [1.807, 2.05) is 0 Å². The minimum atomic E-state index is -0.536. The summed E-state index contributed by atoms with van der Waals surface area (Å²) < 4.78 is 0. The molecule has 12 heavy (non-hydrogen) atoms. The minimum Gasteiger partial charge on any atom is -0.329 e. The van der Waals surface area contributed by atoms with Crippen LogP contribution in [-0.4, -0.2) is 24.2 Å². The van der Waals surface area contributed by atoms with E-state index < -0.39 is 6.04 Å². The van der Waals surface area contributed by atoms with Crippen LogP contribution in [0.5, 0.6) is 0 Å². The first kappa shape index (κ1) is 8.83. The molecule has 1 atom stereocenters. The van der Waals surface area contributed by atoms with Crippen LogP contribution in [0.15, 0.2) is 23.8 Å². The smallest absolute Gasteiger partial charge is 0.183 e. The second-order valence-corrected chi connectivity index (χ2v) is 2.54. The Morgan fingerprint density at radius 1 is 1.33 bits per heavy atom. The third-order valence-corrected chi connectivity index (χ3v) is 1.63. The molecule has 0 heterocycles. The summed E-state index contributed by atoms with van der Waals surface area (Å²) in [5.41, 5.74) is 11.1. The molecule has 0 aromatic heterocycles. The zero-order valence-electron chi connectivity index (χ0n) is 6.49. The number of hydrogen-bond donors (Lipinski definition) is 2. The molecule has 4 N–H and O–H groups in total. The SMILES string of the molecule is NCC(N)C1=CC(=O)C=CC1=O. The van der Waals surface area contributed by atoms with Gasteiger partial charge in [0.15, 0.2) is 11.6 Å². The molecule has 0 spiro atoms. The number of rotatable bonds is 2. The lowest BCUT2D eigenvalue weighted by Gasteiger charge is -2.12. The standard InChI is InChI=1S/C8H10N2O2/c9-4-7(10)6-3-5(11)1-2-8(6)12/h1-3,7H,4,9-10H2. The van der Waals surface area contributed by atoms with Crippen LogP contribution in [0, 0.1) is 0 Å². The summed E-state index contributed by atoms with van der Waals surface area (Å²) in [7, 11) is 0. The minimum absolute atomic E-state index is 0.165. The van der Waals surface area contributed by atoms with E-state index in [-0.39, 0.29) is 18.1 Å². The molecule has 4 heteroatoms. The van der Waals surface area contributed by atoms with Crippen LogP contribution in [0.1, 0.15) is 0 Å². The van der Waals surface area contributed by atoms with Gasteiger partial charge in [-0.05, 0) is 18.2 Å². The Balaban J connectivity index is 2.88. The lowest BCUT2D eigenvalue weighted by Crippen LogP contribution is -2.35. The maximum atomic E-state index is 11.1. The van der Waals surface area contributed by atoms with Crippen LogP contribution in [-0.2, 0) is 9.59 Å². The Kier molecular flexibility index (Phi) is 2.52. The van der Waals surface area contributed by atoms with Gasteiger partial charge in [0.1, 0.15) is 0 Å². The van der Waals surface area contributed by atoms with E-state index in [4.69, 9.17) is 11.5 Å². The second-order valence-electron chi connectivity index (χ2n) is 2.54. The van der Waals surface area contributed by atoms with E-state index >= 15 is 0 Å². The molecule has 0 amide bonds. The molecule has 0 fully saturated rings. The number of carbonyl (C=O) groups excluding carboxylic acids is 2. The summed E-state index contributed by atoms with van der Waals surface area (Å²) in [5, 5.41) is 0. The van der Waals surface area contributed by atoms with Crippen LogP contribution in [0.3, 0.4) is 0 Å². The van der Waals surface area contributed by atoms with Crippen LogP contribution < -0.4 is 11.5 Å². The molecule has 1 aliphatic carbocycles. The van der Waals surface area contributed by atoms with E-state index in [9.17, 15) is 9.59 Å². The Morgan fingerprint density at radius 3 is 2.58 bits per heavy atom. The Morgan fingerprint density at radius 2 is 2.00 bits per heavy atom. The Hall–Kier alpha value is -1.26. The fourth-order valence-corrected chi connectivity index (χ4v) is 0.943. The first-order chi connectivity index (χ1) is 5.65. The van der Waals surface area contributed by atoms with Gasteiger partial charge in [-0.25, -0.2) is 0 Å². The van der Waals surface area contributed by atoms with Crippen molar-refractivity contribution in [2.75, 3.05) is 6.54 Å². The molecule has 0 aromatic carbocycles. The van der Waals surface area contributed by atoms with E-state index in [1.165, 1.54) is 18.2 Å². The molecule has 0 saturated carbocycles. The van der Waals surface area contributed by atoms with E-state index in [1.54, 1.807) is 0 Å². The van der Waals surface area contributed by atoms with Crippen LogP contribution in [0.25, 0.3) is 0 Å². The highest BCUT2D eigenvalue weighted by molar-refractivity contribution is 6.17. The fraction of sp³-hybridized carbons (Fsp3) is 0.250. The molecule has 0 bridgehead atoms. The van der Waals surface area contributed by atoms with Crippen molar-refractivity contribution in [2.45, 2.75) is 6.04 Å². The zero-order valence-corrected chi connectivity index (χ0v) is 6.49. The van der Waals surface area contributed by atoms with Crippen molar-refractivity contribution in [2.24, 2.45) is 11.5 Å². The molecule has 1 aliphatic rings. The predicted molar refractivity (Wildman–Crippen MR) is 44.3 cm³/mol. The summed E-state index contributed by atoms with van der Waals surface area (Å²) in [6.45, 7) is 0.165. The third kappa shape index (κ3) is 1.66. The molecule has 1 unspecified atom stereocenters. The van der Waals surface area contributed by atoms with Gasteiger partial charge in [-0.2, -0.15) is 0 Å². The van der Waals surface area contributed by atoms with Gasteiger partial charge < -0.3 is 11.5 Å². The van der Waals surface area contributed by atoms with Gasteiger partial charge in [0.25, 0.3) is 0 Å². The Labute approximate surface area is 69.9 Å². The average Bonchev–Trinajstić information content (AvgIpc) is 2.08. The van der Waals surface area contributed by atoms with Crippen molar-refractivity contribution < 1.29 is 9.59 Å². The molecule has 0 saturated heterocycles. The number of carbonyl (C=O) groups is 2. The Bertz CT molecular complexity index is 279. The van der Waals surface area contributed by atoms with Crippen LogP contribution in [0.4, 0.5) is 0 Å². The van der Waals surface area contributed by atoms with Crippen molar-refractivity contribution in [1.82, 2.24) is 0 Å². The molecular weight excluding hydrogens is 156 g/mol. The van der Waals surface area contributed by atoms with E-state index in [0.29, 0.717) is 5.57 Å². The molecule has 4 nitrogen and oxygen atoms in total. The van der Waals surface area contributed by atoms with Crippen molar-refractivity contribution in [1.29, 1.82) is 0 Å². The lowest BCUT2D eigenvalue weighted by molar-refractivity contribution is -0.114. The summed E-state index contributed by atoms with van der Waals surface area (Å²) in [5.74, 6) is -0.443. The summed E-state index contributed by atoms with van der Waals surface area (Å²) >= 11 is 0. The number of nitrogens with two attached hydrogens (primary N) is 2. The lowest BCUT2D eigenvalue weighted by atomic mass is 9.97.